The summed E-state index contributed by atoms with van der Waals surface area (Å²) < 4.78 is 11.5. The van der Waals surface area contributed by atoms with Crippen molar-refractivity contribution in [2.24, 2.45) is 0 Å². The summed E-state index contributed by atoms with van der Waals surface area (Å²) in [5.74, 6) is 0.889. The first kappa shape index (κ1) is 24.3. The maximum Gasteiger partial charge on any atom is 0.247 e. The van der Waals surface area contributed by atoms with Crippen LogP contribution in [0.2, 0.25) is 0 Å². The van der Waals surface area contributed by atoms with Crippen LogP contribution in [0.15, 0.2) is 97.3 Å². The van der Waals surface area contributed by atoms with Crippen LogP contribution in [0, 0.1) is 11.3 Å². The second-order valence-corrected chi connectivity index (χ2v) is 8.02. The number of carbonyl (C=O) groups is 1. The Morgan fingerprint density at radius 3 is 2.39 bits per heavy atom. The molecule has 0 spiro atoms. The van der Waals surface area contributed by atoms with Gasteiger partial charge in [0.25, 0.3) is 0 Å². The number of benzene rings is 3. The normalized spacial score (nSPS) is 11.1. The molecule has 7 heteroatoms. The molecule has 0 aliphatic rings. The molecule has 0 unspecified atom stereocenters. The summed E-state index contributed by atoms with van der Waals surface area (Å²) in [6.07, 6.45) is 3.43. The Morgan fingerprint density at radius 2 is 1.69 bits per heavy atom. The van der Waals surface area contributed by atoms with Crippen LogP contribution in [0.25, 0.3) is 0 Å². The van der Waals surface area contributed by atoms with Crippen LogP contribution in [0.1, 0.15) is 28.3 Å². The van der Waals surface area contributed by atoms with Crippen LogP contribution >= 0.6 is 0 Å². The van der Waals surface area contributed by atoms with E-state index in [9.17, 15) is 4.79 Å². The number of hydrogen-bond acceptors (Lipinski definition) is 6. The molecule has 1 aromatic heterocycles. The van der Waals surface area contributed by atoms with Crippen molar-refractivity contribution in [1.82, 2.24) is 10.3 Å². The van der Waals surface area contributed by atoms with Crippen LogP contribution in [0.4, 0.5) is 5.69 Å². The molecule has 0 radical (unpaired) electrons. The maximum absolute atomic E-state index is 13.3. The molecular formula is C29H26N4O3. The number of carbonyl (C=O) groups excluding carboxylic acids is 1. The predicted molar refractivity (Wildman–Crippen MR) is 137 cm³/mol. The minimum Gasteiger partial charge on any atom is -0.493 e. The van der Waals surface area contributed by atoms with E-state index in [0.717, 1.165) is 11.1 Å². The Bertz CT molecular complexity index is 1320. The summed E-state index contributed by atoms with van der Waals surface area (Å²) in [6, 6.07) is 27.3. The zero-order chi connectivity index (χ0) is 25.2. The molecule has 1 amide bonds. The lowest BCUT2D eigenvalue weighted by molar-refractivity contribution is -0.122. The van der Waals surface area contributed by atoms with Gasteiger partial charge in [-0.15, -0.1) is 0 Å². The Labute approximate surface area is 210 Å². The third kappa shape index (κ3) is 6.39. The van der Waals surface area contributed by atoms with Crippen molar-refractivity contribution in [1.29, 1.82) is 5.26 Å². The zero-order valence-electron chi connectivity index (χ0n) is 19.8. The number of ether oxygens (including phenoxy) is 2. The molecule has 0 saturated heterocycles. The summed E-state index contributed by atoms with van der Waals surface area (Å²) in [5.41, 5.74) is 3.95. The van der Waals surface area contributed by atoms with E-state index >= 15 is 0 Å². The molecule has 4 aromatic rings. The van der Waals surface area contributed by atoms with E-state index in [-0.39, 0.29) is 5.91 Å². The fourth-order valence-corrected chi connectivity index (χ4v) is 3.62. The summed E-state index contributed by atoms with van der Waals surface area (Å²) in [5, 5.41) is 15.4. The number of anilines is 1. The molecule has 0 aliphatic carbocycles. The highest BCUT2D eigenvalue weighted by Gasteiger charge is 2.22. The van der Waals surface area contributed by atoms with E-state index in [1.54, 1.807) is 55.9 Å². The highest BCUT2D eigenvalue weighted by molar-refractivity contribution is 5.86. The van der Waals surface area contributed by atoms with Gasteiger partial charge in [0, 0.05) is 24.6 Å². The van der Waals surface area contributed by atoms with Gasteiger partial charge in [0.05, 0.1) is 18.7 Å². The maximum atomic E-state index is 13.3. The fraction of sp³-hybridized carbons (Fsp3) is 0.138. The molecular weight excluding hydrogens is 452 g/mol. The van der Waals surface area contributed by atoms with Gasteiger partial charge in [-0.2, -0.15) is 5.26 Å². The van der Waals surface area contributed by atoms with Gasteiger partial charge in [-0.1, -0.05) is 36.4 Å². The fourth-order valence-electron chi connectivity index (χ4n) is 3.62. The van der Waals surface area contributed by atoms with Crippen LogP contribution in [-0.4, -0.2) is 18.0 Å². The van der Waals surface area contributed by atoms with E-state index in [2.05, 4.69) is 21.7 Å². The Kier molecular flexibility index (Phi) is 8.13. The number of aromatic nitrogens is 1. The zero-order valence-corrected chi connectivity index (χ0v) is 19.8. The molecule has 36 heavy (non-hydrogen) atoms. The third-order valence-electron chi connectivity index (χ3n) is 5.56. The Hall–Kier alpha value is -4.83. The average Bonchev–Trinajstić information content (AvgIpc) is 2.95. The predicted octanol–water partition coefficient (Wildman–Crippen LogP) is 5.01. The second kappa shape index (κ2) is 12.0. The summed E-state index contributed by atoms with van der Waals surface area (Å²) in [6.45, 7) is 0.762. The van der Waals surface area contributed by atoms with Crippen LogP contribution in [0.3, 0.4) is 0 Å². The molecule has 1 atom stereocenters. The summed E-state index contributed by atoms with van der Waals surface area (Å²) >= 11 is 0. The molecule has 3 aromatic carbocycles. The minimum atomic E-state index is -0.704. The molecule has 0 fully saturated rings. The van der Waals surface area contributed by atoms with E-state index in [0.29, 0.717) is 41.5 Å². The van der Waals surface area contributed by atoms with Gasteiger partial charge in [-0.25, -0.2) is 0 Å². The number of nitrogens with zero attached hydrogens (tertiary/aromatic N) is 2. The number of methoxy groups -OCH3 is 1. The van der Waals surface area contributed by atoms with Crippen molar-refractivity contribution in [3.8, 4) is 17.6 Å². The van der Waals surface area contributed by atoms with Crippen molar-refractivity contribution in [2.75, 3.05) is 12.4 Å². The molecule has 0 aliphatic heterocycles. The molecule has 4 rings (SSSR count). The quantitative estimate of drug-likeness (QED) is 0.333. The topological polar surface area (TPSA) is 96.3 Å². The number of pyridine rings is 1. The van der Waals surface area contributed by atoms with Gasteiger partial charge in [0.2, 0.25) is 5.91 Å². The minimum absolute atomic E-state index is 0.198. The van der Waals surface area contributed by atoms with E-state index in [1.165, 1.54) is 0 Å². The van der Waals surface area contributed by atoms with Gasteiger partial charge >= 0.3 is 0 Å². The largest absolute Gasteiger partial charge is 0.493 e. The van der Waals surface area contributed by atoms with Crippen molar-refractivity contribution >= 4 is 11.6 Å². The van der Waals surface area contributed by atoms with E-state index in [1.807, 2.05) is 48.5 Å². The number of nitriles is 1. The van der Waals surface area contributed by atoms with Crippen molar-refractivity contribution in [3.63, 3.8) is 0 Å². The number of rotatable bonds is 10. The molecule has 1 heterocycles. The van der Waals surface area contributed by atoms with Crippen LogP contribution in [-0.2, 0) is 17.9 Å². The number of nitrogens with one attached hydrogen (secondary N) is 2. The summed E-state index contributed by atoms with van der Waals surface area (Å²) in [7, 11) is 1.57. The standard InChI is InChI=1S/C29H26N4O3/c1-35-27-17-24(9-12-26(27)36-20-23-13-15-31-16-14-23)28(33-25-10-7-21(18-30)8-11-25)29(34)32-19-22-5-3-2-4-6-22/h2-17,28,33H,19-20H2,1H3,(H,32,34)/t28-/m0/s1. The van der Waals surface area contributed by atoms with E-state index in [4.69, 9.17) is 14.7 Å². The molecule has 7 nitrogen and oxygen atoms in total. The first-order valence-electron chi connectivity index (χ1n) is 11.4. The van der Waals surface area contributed by atoms with E-state index < -0.39 is 6.04 Å². The smallest absolute Gasteiger partial charge is 0.247 e. The van der Waals surface area contributed by atoms with Gasteiger partial charge in [-0.05, 0) is 65.2 Å². The Morgan fingerprint density at radius 1 is 0.944 bits per heavy atom. The molecule has 180 valence electrons. The SMILES string of the molecule is COc1cc([C@H](Nc2ccc(C#N)cc2)C(=O)NCc2ccccc2)ccc1OCc1ccncc1. The number of hydrogen-bond donors (Lipinski definition) is 2. The van der Waals surface area contributed by atoms with Crippen molar-refractivity contribution in [2.45, 2.75) is 19.2 Å². The number of amides is 1. The lowest BCUT2D eigenvalue weighted by Crippen LogP contribution is -2.33. The first-order valence-corrected chi connectivity index (χ1v) is 11.4. The van der Waals surface area contributed by atoms with Crippen molar-refractivity contribution in [3.05, 3.63) is 120 Å². The van der Waals surface area contributed by atoms with Gasteiger partial charge < -0.3 is 20.1 Å². The van der Waals surface area contributed by atoms with Gasteiger partial charge in [-0.3, -0.25) is 9.78 Å². The average molecular weight is 479 g/mol. The van der Waals surface area contributed by atoms with Gasteiger partial charge in [0.15, 0.2) is 11.5 Å². The second-order valence-electron chi connectivity index (χ2n) is 8.02. The lowest BCUT2D eigenvalue weighted by Gasteiger charge is -2.21. The Balaban J connectivity index is 1.56. The third-order valence-corrected chi connectivity index (χ3v) is 5.56. The monoisotopic (exact) mass is 478 g/mol. The van der Waals surface area contributed by atoms with Gasteiger partial charge in [0.1, 0.15) is 12.6 Å². The van der Waals surface area contributed by atoms with Crippen molar-refractivity contribution < 1.29 is 14.3 Å². The highest BCUT2D eigenvalue weighted by atomic mass is 16.5. The van der Waals surface area contributed by atoms with Crippen LogP contribution in [0.5, 0.6) is 11.5 Å². The first-order chi connectivity index (χ1) is 17.7. The lowest BCUT2D eigenvalue weighted by atomic mass is 10.0. The van der Waals surface area contributed by atoms with Crippen LogP contribution < -0.4 is 20.1 Å². The molecule has 0 saturated carbocycles. The summed E-state index contributed by atoms with van der Waals surface area (Å²) in [4.78, 5) is 17.4. The molecule has 2 N–H and O–H groups in total. The highest BCUT2D eigenvalue weighted by Crippen LogP contribution is 2.32. The molecule has 0 bridgehead atoms.